The number of aromatic nitrogens is 1. The van der Waals surface area contributed by atoms with E-state index in [2.05, 4.69) is 4.98 Å². The Hall–Kier alpha value is -1.88. The Kier molecular flexibility index (Phi) is 4.09. The van der Waals surface area contributed by atoms with Crippen LogP contribution in [0, 0.1) is 5.82 Å². The summed E-state index contributed by atoms with van der Waals surface area (Å²) in [6, 6.07) is 6.15. The fraction of sp³-hybridized carbons (Fsp3) is 0.400. The lowest BCUT2D eigenvalue weighted by Crippen LogP contribution is -2.41. The van der Waals surface area contributed by atoms with E-state index >= 15 is 0 Å². The van der Waals surface area contributed by atoms with Gasteiger partial charge < -0.3 is 15.0 Å². The van der Waals surface area contributed by atoms with Crippen LogP contribution in [0.3, 0.4) is 0 Å². The van der Waals surface area contributed by atoms with Gasteiger partial charge >= 0.3 is 0 Å². The largest absolute Gasteiger partial charge is 0.392 e. The first-order chi connectivity index (χ1) is 9.40. The first kappa shape index (κ1) is 14.5. The standard InChI is InChI=1S/C15H19FN2O2/c1-9(2)18(8-10(3)19)15(20)14-7-11-12(16)5-4-6-13(11)17-14/h4-7,9-10,17,19H,8H2,1-3H3. The molecule has 1 amide bonds. The molecule has 2 N–H and O–H groups in total. The molecule has 0 radical (unpaired) electrons. The van der Waals surface area contributed by atoms with E-state index in [1.165, 1.54) is 12.1 Å². The summed E-state index contributed by atoms with van der Waals surface area (Å²) in [6.45, 7) is 5.63. The van der Waals surface area contributed by atoms with Crippen LogP contribution >= 0.6 is 0 Å². The van der Waals surface area contributed by atoms with E-state index in [0.717, 1.165) is 0 Å². The van der Waals surface area contributed by atoms with Gasteiger partial charge in [0.2, 0.25) is 0 Å². The molecule has 108 valence electrons. The summed E-state index contributed by atoms with van der Waals surface area (Å²) in [5, 5.41) is 9.89. The van der Waals surface area contributed by atoms with Crippen LogP contribution in [0.1, 0.15) is 31.3 Å². The molecule has 0 saturated carbocycles. The molecule has 1 unspecified atom stereocenters. The van der Waals surface area contributed by atoms with Crippen molar-refractivity contribution in [3.8, 4) is 0 Å². The minimum Gasteiger partial charge on any atom is -0.392 e. The van der Waals surface area contributed by atoms with Gasteiger partial charge in [-0.15, -0.1) is 0 Å². The molecule has 5 heteroatoms. The molecule has 1 aromatic carbocycles. The lowest BCUT2D eigenvalue weighted by molar-refractivity contribution is 0.0574. The van der Waals surface area contributed by atoms with E-state index in [1.807, 2.05) is 13.8 Å². The van der Waals surface area contributed by atoms with E-state index in [-0.39, 0.29) is 24.3 Å². The van der Waals surface area contributed by atoms with E-state index in [0.29, 0.717) is 16.6 Å². The Morgan fingerprint density at radius 1 is 1.40 bits per heavy atom. The first-order valence-electron chi connectivity index (χ1n) is 6.66. The smallest absolute Gasteiger partial charge is 0.270 e. The van der Waals surface area contributed by atoms with Gasteiger partial charge in [0.05, 0.1) is 6.10 Å². The average Bonchev–Trinajstić information content (AvgIpc) is 2.80. The van der Waals surface area contributed by atoms with Gasteiger partial charge in [-0.3, -0.25) is 4.79 Å². The molecule has 1 heterocycles. The summed E-state index contributed by atoms with van der Waals surface area (Å²) in [5.74, 6) is -0.596. The molecule has 0 saturated heterocycles. The highest BCUT2D eigenvalue weighted by molar-refractivity contribution is 5.98. The summed E-state index contributed by atoms with van der Waals surface area (Å²) in [4.78, 5) is 17.0. The van der Waals surface area contributed by atoms with E-state index in [4.69, 9.17) is 0 Å². The number of carbonyl (C=O) groups is 1. The van der Waals surface area contributed by atoms with E-state index in [1.54, 1.807) is 24.0 Å². The molecular weight excluding hydrogens is 259 g/mol. The normalized spacial score (nSPS) is 12.9. The number of aromatic amines is 1. The lowest BCUT2D eigenvalue weighted by atomic mass is 10.2. The Labute approximate surface area is 117 Å². The molecule has 0 fully saturated rings. The second kappa shape index (κ2) is 5.63. The molecule has 2 aromatic rings. The Morgan fingerprint density at radius 2 is 2.10 bits per heavy atom. The van der Waals surface area contributed by atoms with Crippen molar-refractivity contribution in [1.82, 2.24) is 9.88 Å². The van der Waals surface area contributed by atoms with Crippen LogP contribution in [0.4, 0.5) is 4.39 Å². The van der Waals surface area contributed by atoms with Crippen LogP contribution in [0.5, 0.6) is 0 Å². The zero-order valence-corrected chi connectivity index (χ0v) is 11.9. The van der Waals surface area contributed by atoms with Gasteiger partial charge in [-0.05, 0) is 39.0 Å². The van der Waals surface area contributed by atoms with Crippen LogP contribution in [0.2, 0.25) is 0 Å². The summed E-state index contributed by atoms with van der Waals surface area (Å²) in [6.07, 6.45) is -0.609. The number of hydrogen-bond donors (Lipinski definition) is 2. The Bertz CT molecular complexity index is 619. The number of fused-ring (bicyclic) bond motifs is 1. The fourth-order valence-electron chi connectivity index (χ4n) is 2.20. The van der Waals surface area contributed by atoms with Crippen LogP contribution < -0.4 is 0 Å². The number of rotatable bonds is 4. The molecule has 0 spiro atoms. The monoisotopic (exact) mass is 278 g/mol. The maximum atomic E-state index is 13.6. The number of nitrogens with zero attached hydrogens (tertiary/aromatic N) is 1. The molecule has 4 nitrogen and oxygen atoms in total. The summed E-state index contributed by atoms with van der Waals surface area (Å²) >= 11 is 0. The third-order valence-corrected chi connectivity index (χ3v) is 3.19. The molecule has 0 aliphatic carbocycles. The highest BCUT2D eigenvalue weighted by atomic mass is 19.1. The Morgan fingerprint density at radius 3 is 2.65 bits per heavy atom. The molecule has 1 atom stereocenters. The van der Waals surface area contributed by atoms with E-state index < -0.39 is 6.10 Å². The van der Waals surface area contributed by atoms with Crippen LogP contribution in [-0.4, -0.2) is 39.6 Å². The number of aliphatic hydroxyl groups excluding tert-OH is 1. The van der Waals surface area contributed by atoms with Gasteiger partial charge in [0.25, 0.3) is 5.91 Å². The number of benzene rings is 1. The summed E-state index contributed by atoms with van der Waals surface area (Å²) in [5.41, 5.74) is 0.925. The number of aliphatic hydroxyl groups is 1. The Balaban J connectivity index is 2.36. The predicted octanol–water partition coefficient (Wildman–Crippen LogP) is 2.54. The highest BCUT2D eigenvalue weighted by Crippen LogP contribution is 2.20. The van der Waals surface area contributed by atoms with Crippen molar-refractivity contribution >= 4 is 16.8 Å². The first-order valence-corrected chi connectivity index (χ1v) is 6.66. The maximum Gasteiger partial charge on any atom is 0.270 e. The number of hydrogen-bond acceptors (Lipinski definition) is 2. The van der Waals surface area contributed by atoms with Crippen molar-refractivity contribution in [3.63, 3.8) is 0 Å². The molecule has 0 aliphatic rings. The third kappa shape index (κ3) is 2.82. The molecule has 2 rings (SSSR count). The summed E-state index contributed by atoms with van der Waals surface area (Å²) < 4.78 is 13.6. The van der Waals surface area contributed by atoms with Crippen LogP contribution in [0.15, 0.2) is 24.3 Å². The van der Waals surface area contributed by atoms with Crippen molar-refractivity contribution in [1.29, 1.82) is 0 Å². The van der Waals surface area contributed by atoms with Gasteiger partial charge in [-0.25, -0.2) is 4.39 Å². The van der Waals surface area contributed by atoms with Crippen molar-refractivity contribution in [2.45, 2.75) is 32.9 Å². The quantitative estimate of drug-likeness (QED) is 0.903. The van der Waals surface area contributed by atoms with Gasteiger partial charge in [-0.1, -0.05) is 6.07 Å². The van der Waals surface area contributed by atoms with Crippen LogP contribution in [0.25, 0.3) is 10.9 Å². The molecular formula is C15H19FN2O2. The molecule has 20 heavy (non-hydrogen) atoms. The minimum atomic E-state index is -0.609. The van der Waals surface area contributed by atoms with Crippen molar-refractivity contribution < 1.29 is 14.3 Å². The topological polar surface area (TPSA) is 56.3 Å². The highest BCUT2D eigenvalue weighted by Gasteiger charge is 2.22. The van der Waals surface area contributed by atoms with Crippen molar-refractivity contribution in [2.24, 2.45) is 0 Å². The second-order valence-electron chi connectivity index (χ2n) is 5.28. The predicted molar refractivity (Wildman–Crippen MR) is 76.1 cm³/mol. The maximum absolute atomic E-state index is 13.6. The number of H-pyrrole nitrogens is 1. The lowest BCUT2D eigenvalue weighted by Gasteiger charge is -2.27. The summed E-state index contributed by atoms with van der Waals surface area (Å²) in [7, 11) is 0. The number of carbonyl (C=O) groups excluding carboxylic acids is 1. The zero-order valence-electron chi connectivity index (χ0n) is 11.9. The van der Waals surface area contributed by atoms with E-state index in [9.17, 15) is 14.3 Å². The molecule has 0 aliphatic heterocycles. The second-order valence-corrected chi connectivity index (χ2v) is 5.28. The SMILES string of the molecule is CC(O)CN(C(=O)c1cc2c(F)cccc2[nH]1)C(C)C. The van der Waals surface area contributed by atoms with Gasteiger partial charge in [0, 0.05) is 23.5 Å². The zero-order chi connectivity index (χ0) is 14.9. The van der Waals surface area contributed by atoms with Crippen molar-refractivity contribution in [3.05, 3.63) is 35.8 Å². The number of amides is 1. The number of nitrogens with one attached hydrogen (secondary N) is 1. The fourth-order valence-corrected chi connectivity index (χ4v) is 2.20. The molecule has 1 aromatic heterocycles. The minimum absolute atomic E-state index is 0.0478. The van der Waals surface area contributed by atoms with Gasteiger partial charge in [0.1, 0.15) is 11.5 Å². The van der Waals surface area contributed by atoms with Crippen LogP contribution in [-0.2, 0) is 0 Å². The number of halogens is 1. The molecule has 0 bridgehead atoms. The van der Waals surface area contributed by atoms with Crippen molar-refractivity contribution in [2.75, 3.05) is 6.54 Å². The average molecular weight is 278 g/mol. The van der Waals surface area contributed by atoms with Gasteiger partial charge in [-0.2, -0.15) is 0 Å². The third-order valence-electron chi connectivity index (χ3n) is 3.19. The van der Waals surface area contributed by atoms with Gasteiger partial charge in [0.15, 0.2) is 0 Å².